The van der Waals surface area contributed by atoms with E-state index in [4.69, 9.17) is 28.4 Å². The Morgan fingerprint density at radius 1 is 1.41 bits per heavy atom. The average Bonchev–Trinajstić information content (AvgIpc) is 2.64. The number of benzene rings is 1. The fraction of sp³-hybridized carbons (Fsp3) is 0. The molecule has 88 valence electrons. The van der Waals surface area contributed by atoms with Crippen LogP contribution in [0.3, 0.4) is 0 Å². The molecule has 2 N–H and O–H groups in total. The lowest BCUT2D eigenvalue weighted by Gasteiger charge is -1.99. The van der Waals surface area contributed by atoms with Gasteiger partial charge in [-0.15, -0.1) is 0 Å². The predicted octanol–water partition coefficient (Wildman–Crippen LogP) is 2.94. The Kier molecular flexibility index (Phi) is 3.61. The fourth-order valence-corrected chi connectivity index (χ4v) is 2.42. The summed E-state index contributed by atoms with van der Waals surface area (Å²) in [6.45, 7) is 0. The second-order valence-electron chi connectivity index (χ2n) is 3.14. The summed E-state index contributed by atoms with van der Waals surface area (Å²) in [6, 6.07) is 4.98. The summed E-state index contributed by atoms with van der Waals surface area (Å²) in [7, 11) is 0. The van der Waals surface area contributed by atoms with Crippen LogP contribution < -0.4 is 5.32 Å². The Labute approximate surface area is 111 Å². The third-order valence-electron chi connectivity index (χ3n) is 1.99. The maximum Gasteiger partial charge on any atom is 0.264 e. The van der Waals surface area contributed by atoms with Gasteiger partial charge in [0.15, 0.2) is 0 Å². The van der Waals surface area contributed by atoms with Gasteiger partial charge in [0.2, 0.25) is 5.17 Å². The first-order chi connectivity index (χ1) is 8.10. The molecule has 0 aliphatic carbocycles. The molecule has 0 atom stereocenters. The zero-order valence-corrected chi connectivity index (χ0v) is 10.6. The normalized spacial score (nSPS) is 20.0. The van der Waals surface area contributed by atoms with Gasteiger partial charge in [-0.05, 0) is 35.5 Å². The van der Waals surface area contributed by atoms with E-state index in [2.05, 4.69) is 10.5 Å². The number of carbonyl (C=O) groups is 1. The van der Waals surface area contributed by atoms with Gasteiger partial charge in [0.05, 0.1) is 4.91 Å². The predicted molar refractivity (Wildman–Crippen MR) is 69.4 cm³/mol. The Bertz CT molecular complexity index is 543. The number of nitrogens with zero attached hydrogens (tertiary/aromatic N) is 1. The second kappa shape index (κ2) is 5.00. The summed E-state index contributed by atoms with van der Waals surface area (Å²) >= 11 is 12.8. The number of hydrogen-bond donors (Lipinski definition) is 2. The van der Waals surface area contributed by atoms with Gasteiger partial charge in [-0.2, -0.15) is 0 Å². The van der Waals surface area contributed by atoms with Gasteiger partial charge >= 0.3 is 0 Å². The van der Waals surface area contributed by atoms with Crippen LogP contribution in [0.25, 0.3) is 6.08 Å². The number of thioether (sulfide) groups is 1. The molecule has 0 saturated carbocycles. The Hall–Kier alpha value is -1.17. The van der Waals surface area contributed by atoms with Crippen LogP contribution in [0, 0.1) is 0 Å². The van der Waals surface area contributed by atoms with Crippen molar-refractivity contribution >= 4 is 52.1 Å². The lowest BCUT2D eigenvalue weighted by Crippen LogP contribution is -2.19. The van der Waals surface area contributed by atoms with Crippen LogP contribution in [0.2, 0.25) is 10.0 Å². The highest BCUT2D eigenvalue weighted by molar-refractivity contribution is 8.18. The zero-order valence-electron chi connectivity index (χ0n) is 8.28. The molecule has 17 heavy (non-hydrogen) atoms. The molecule has 0 radical (unpaired) electrons. The summed E-state index contributed by atoms with van der Waals surface area (Å²) in [5, 5.41) is 15.0. The van der Waals surface area contributed by atoms with Gasteiger partial charge in [0, 0.05) is 10.0 Å². The minimum atomic E-state index is -0.325. The van der Waals surface area contributed by atoms with Gasteiger partial charge < -0.3 is 5.21 Å². The Balaban J connectivity index is 2.34. The van der Waals surface area contributed by atoms with Crippen LogP contribution in [-0.4, -0.2) is 16.3 Å². The van der Waals surface area contributed by atoms with Crippen LogP contribution in [0.5, 0.6) is 0 Å². The van der Waals surface area contributed by atoms with Crippen LogP contribution in [0.1, 0.15) is 5.56 Å². The number of oxime groups is 1. The molecule has 0 unspecified atom stereocenters. The van der Waals surface area contributed by atoms with Crippen molar-refractivity contribution in [2.24, 2.45) is 5.16 Å². The summed E-state index contributed by atoms with van der Waals surface area (Å²) < 4.78 is 0. The molecular formula is C10H6Cl2N2O2S. The Morgan fingerprint density at radius 3 is 2.76 bits per heavy atom. The fourth-order valence-electron chi connectivity index (χ4n) is 1.23. The maximum absolute atomic E-state index is 11.5. The van der Waals surface area contributed by atoms with Gasteiger partial charge in [-0.1, -0.05) is 34.4 Å². The molecule has 2 rings (SSSR count). The van der Waals surface area contributed by atoms with Crippen LogP contribution in [0.4, 0.5) is 0 Å². The van der Waals surface area contributed by atoms with Crippen molar-refractivity contribution in [3.8, 4) is 0 Å². The highest BCUT2D eigenvalue weighted by Crippen LogP contribution is 2.29. The molecule has 4 nitrogen and oxygen atoms in total. The molecule has 1 aliphatic rings. The van der Waals surface area contributed by atoms with Crippen molar-refractivity contribution in [2.45, 2.75) is 0 Å². The van der Waals surface area contributed by atoms with E-state index in [1.165, 1.54) is 0 Å². The largest absolute Gasteiger partial charge is 0.409 e. The van der Waals surface area contributed by atoms with Crippen molar-refractivity contribution in [2.75, 3.05) is 0 Å². The van der Waals surface area contributed by atoms with Crippen LogP contribution in [0.15, 0.2) is 28.3 Å². The van der Waals surface area contributed by atoms with Gasteiger partial charge in [0.1, 0.15) is 0 Å². The van der Waals surface area contributed by atoms with E-state index in [0.717, 1.165) is 11.8 Å². The third-order valence-corrected chi connectivity index (χ3v) is 3.45. The van der Waals surface area contributed by atoms with E-state index in [1.807, 2.05) is 0 Å². The minimum Gasteiger partial charge on any atom is -0.409 e. The summed E-state index contributed by atoms with van der Waals surface area (Å²) in [4.78, 5) is 11.9. The monoisotopic (exact) mass is 288 g/mol. The molecule has 1 heterocycles. The van der Waals surface area contributed by atoms with Crippen molar-refractivity contribution in [1.29, 1.82) is 0 Å². The highest BCUT2D eigenvalue weighted by Gasteiger charge is 2.24. The molecule has 1 aliphatic heterocycles. The van der Waals surface area contributed by atoms with Crippen LogP contribution in [-0.2, 0) is 4.79 Å². The number of hydrogen-bond acceptors (Lipinski definition) is 4. The standard InChI is InChI=1S/C10H6Cl2N2O2S/c11-6-2-1-5(7(12)4-6)3-8-9(15)13-10(14-16)17-8/h1-4,16H,(H,13,14,15). The molecule has 1 amide bonds. The van der Waals surface area contributed by atoms with Gasteiger partial charge in [0.25, 0.3) is 5.91 Å². The lowest BCUT2D eigenvalue weighted by molar-refractivity contribution is -0.115. The van der Waals surface area contributed by atoms with Crippen molar-refractivity contribution in [3.05, 3.63) is 38.7 Å². The maximum atomic E-state index is 11.5. The molecule has 7 heteroatoms. The lowest BCUT2D eigenvalue weighted by atomic mass is 10.2. The van der Waals surface area contributed by atoms with Gasteiger partial charge in [-0.25, -0.2) is 0 Å². The number of nitrogens with one attached hydrogen (secondary N) is 1. The molecule has 0 aromatic heterocycles. The number of carbonyl (C=O) groups excluding carboxylic acids is 1. The van der Waals surface area contributed by atoms with Crippen molar-refractivity contribution in [3.63, 3.8) is 0 Å². The molecule has 0 spiro atoms. The molecule has 0 bridgehead atoms. The molecule has 1 saturated heterocycles. The smallest absolute Gasteiger partial charge is 0.264 e. The van der Waals surface area contributed by atoms with E-state index in [-0.39, 0.29) is 11.1 Å². The number of amides is 1. The molecular weight excluding hydrogens is 283 g/mol. The molecule has 1 aromatic carbocycles. The summed E-state index contributed by atoms with van der Waals surface area (Å²) in [5.41, 5.74) is 0.674. The first kappa shape index (κ1) is 12.3. The Morgan fingerprint density at radius 2 is 2.18 bits per heavy atom. The van der Waals surface area contributed by atoms with E-state index in [1.54, 1.807) is 24.3 Å². The van der Waals surface area contributed by atoms with Crippen LogP contribution >= 0.6 is 35.0 Å². The van der Waals surface area contributed by atoms with E-state index in [9.17, 15) is 4.79 Å². The van der Waals surface area contributed by atoms with E-state index in [0.29, 0.717) is 20.5 Å². The van der Waals surface area contributed by atoms with Gasteiger partial charge in [-0.3, -0.25) is 10.1 Å². The second-order valence-corrected chi connectivity index (χ2v) is 5.01. The first-order valence-electron chi connectivity index (χ1n) is 4.48. The molecule has 1 fully saturated rings. The quantitative estimate of drug-likeness (QED) is 0.474. The summed E-state index contributed by atoms with van der Waals surface area (Å²) in [6.07, 6.45) is 1.61. The summed E-state index contributed by atoms with van der Waals surface area (Å²) in [5.74, 6) is -0.325. The SMILES string of the molecule is O=C1N/C(=N\O)SC1=Cc1ccc(Cl)cc1Cl. The topological polar surface area (TPSA) is 61.7 Å². The van der Waals surface area contributed by atoms with E-state index < -0.39 is 0 Å². The van der Waals surface area contributed by atoms with Crippen molar-refractivity contribution in [1.82, 2.24) is 5.32 Å². The third kappa shape index (κ3) is 2.74. The number of rotatable bonds is 1. The van der Waals surface area contributed by atoms with Crippen molar-refractivity contribution < 1.29 is 10.0 Å². The first-order valence-corrected chi connectivity index (χ1v) is 6.05. The highest BCUT2D eigenvalue weighted by atomic mass is 35.5. The average molecular weight is 289 g/mol. The molecule has 1 aromatic rings. The zero-order chi connectivity index (χ0) is 12.4. The number of halogens is 2. The minimum absolute atomic E-state index is 0.145. The van der Waals surface area contributed by atoms with E-state index >= 15 is 0 Å². The number of amidine groups is 1.